The van der Waals surface area contributed by atoms with Crippen LogP contribution >= 0.6 is 0 Å². The summed E-state index contributed by atoms with van der Waals surface area (Å²) in [6, 6.07) is 0. The van der Waals surface area contributed by atoms with Crippen molar-refractivity contribution < 1.29 is 28.5 Å². The molecule has 57 heavy (non-hydrogen) atoms. The molecule has 0 aliphatic rings. The number of ether oxygens (including phenoxy) is 4. The van der Waals surface area contributed by atoms with Crippen molar-refractivity contribution in [1.82, 2.24) is 0 Å². The van der Waals surface area contributed by atoms with Crippen LogP contribution in [0.2, 0.25) is 0 Å². The van der Waals surface area contributed by atoms with Gasteiger partial charge in [-0.3, -0.25) is 9.59 Å². The van der Waals surface area contributed by atoms with Crippen LogP contribution in [-0.4, -0.2) is 44.7 Å². The monoisotopic (exact) mass is 799 g/mol. The third-order valence-corrected chi connectivity index (χ3v) is 10.5. The molecule has 0 fully saturated rings. The Bertz CT molecular complexity index is 1010. The lowest BCUT2D eigenvalue weighted by Crippen LogP contribution is -2.22. The number of rotatable bonds is 42. The van der Waals surface area contributed by atoms with Crippen molar-refractivity contribution in [3.8, 4) is 0 Å². The molecule has 0 rings (SSSR count). The molecule has 0 aromatic carbocycles. The third kappa shape index (κ3) is 38.8. The first-order valence-electron chi connectivity index (χ1n) is 23.7. The molecule has 0 saturated carbocycles. The van der Waals surface area contributed by atoms with E-state index in [0.717, 1.165) is 128 Å². The Labute approximate surface area is 352 Å². The highest BCUT2D eigenvalue weighted by atomic mass is 16.7. The van der Waals surface area contributed by atoms with Crippen molar-refractivity contribution in [2.24, 2.45) is 11.8 Å². The first-order chi connectivity index (χ1) is 27.9. The second-order valence-corrected chi connectivity index (χ2v) is 15.8. The van der Waals surface area contributed by atoms with Gasteiger partial charge in [-0.2, -0.15) is 0 Å². The van der Waals surface area contributed by atoms with Crippen molar-refractivity contribution in [3.05, 3.63) is 60.8 Å². The Morgan fingerprint density at radius 2 is 1.00 bits per heavy atom. The van der Waals surface area contributed by atoms with Crippen LogP contribution in [0.3, 0.4) is 0 Å². The van der Waals surface area contributed by atoms with Crippen LogP contribution in [0, 0.1) is 11.8 Å². The zero-order valence-electron chi connectivity index (χ0n) is 37.9. The maximum Gasteiger partial charge on any atom is 0.306 e. The minimum absolute atomic E-state index is 0.0623. The van der Waals surface area contributed by atoms with E-state index < -0.39 is 0 Å². The van der Waals surface area contributed by atoms with Gasteiger partial charge in [-0.25, -0.2) is 0 Å². The zero-order valence-corrected chi connectivity index (χ0v) is 37.9. The van der Waals surface area contributed by atoms with Gasteiger partial charge in [0, 0.05) is 38.4 Å². The number of carbonyl (C=O) groups is 2. The van der Waals surface area contributed by atoms with Gasteiger partial charge in [0.1, 0.15) is 0 Å². The SMILES string of the molecule is C=C(CCC(COC(=O)CCCCCCC/C=C\C/C=C\CCCCC)COC(=O)CC(CC)CC)CCC(OCCCC/C=C\CC)OCCCC/C=C\CC. The molecule has 1 atom stereocenters. The molecule has 330 valence electrons. The van der Waals surface area contributed by atoms with Gasteiger partial charge in [-0.05, 0) is 115 Å². The van der Waals surface area contributed by atoms with Gasteiger partial charge in [0.15, 0.2) is 6.29 Å². The zero-order chi connectivity index (χ0) is 41.9. The topological polar surface area (TPSA) is 71.1 Å². The second-order valence-electron chi connectivity index (χ2n) is 15.8. The number of unbranched alkanes of at least 4 members (excludes halogenated alkanes) is 12. The standard InChI is InChI=1S/C51H90O6/c1-7-12-15-18-21-22-23-24-25-26-27-28-29-30-33-36-49(52)56-44-48(45-57-50(53)43-47(10-4)11-5)39-37-46(6)38-40-51(54-41-34-31-19-16-13-8-2)55-42-35-32-20-17-14-9-3/h13-14,16-17,21-22,24-25,47-48,51H,6-12,15,18-20,23,26-45H2,1-5H3/b16-13-,17-14-,22-21-,25-24-. The maximum absolute atomic E-state index is 12.7. The molecule has 0 aromatic rings. The van der Waals surface area contributed by atoms with Crippen LogP contribution in [-0.2, 0) is 28.5 Å². The highest BCUT2D eigenvalue weighted by molar-refractivity contribution is 5.70. The fourth-order valence-corrected chi connectivity index (χ4v) is 6.46. The molecule has 6 heteroatoms. The van der Waals surface area contributed by atoms with Crippen molar-refractivity contribution >= 4 is 11.9 Å². The molecule has 0 N–H and O–H groups in total. The van der Waals surface area contributed by atoms with E-state index in [1.807, 2.05) is 0 Å². The lowest BCUT2D eigenvalue weighted by Gasteiger charge is -2.21. The molecule has 0 spiro atoms. The van der Waals surface area contributed by atoms with E-state index >= 15 is 0 Å². The Hall–Kier alpha value is -2.44. The molecule has 0 bridgehead atoms. The first kappa shape index (κ1) is 54.6. The van der Waals surface area contributed by atoms with Gasteiger partial charge in [-0.1, -0.05) is 140 Å². The minimum Gasteiger partial charge on any atom is -0.465 e. The van der Waals surface area contributed by atoms with Crippen LogP contribution in [0.25, 0.3) is 0 Å². The molecule has 6 nitrogen and oxygen atoms in total. The fourth-order valence-electron chi connectivity index (χ4n) is 6.46. The normalized spacial score (nSPS) is 12.7. The molecule has 0 amide bonds. The summed E-state index contributed by atoms with van der Waals surface area (Å²) in [4.78, 5) is 25.4. The van der Waals surface area contributed by atoms with Gasteiger partial charge < -0.3 is 18.9 Å². The minimum atomic E-state index is -0.240. The molecule has 0 aliphatic carbocycles. The summed E-state index contributed by atoms with van der Waals surface area (Å²) in [5.74, 6) is -0.0463. The van der Waals surface area contributed by atoms with Crippen LogP contribution in [0.1, 0.15) is 208 Å². The highest BCUT2D eigenvalue weighted by Gasteiger charge is 2.18. The molecular formula is C51H90O6. The summed E-state index contributed by atoms with van der Waals surface area (Å²) in [5.41, 5.74) is 1.12. The van der Waals surface area contributed by atoms with E-state index in [0.29, 0.717) is 32.0 Å². The summed E-state index contributed by atoms with van der Waals surface area (Å²) < 4.78 is 23.9. The second kappa shape index (κ2) is 43.1. The summed E-state index contributed by atoms with van der Waals surface area (Å²) in [7, 11) is 0. The third-order valence-electron chi connectivity index (χ3n) is 10.5. The number of carbonyl (C=O) groups excluding carboxylic acids is 2. The fraction of sp³-hybridized carbons (Fsp3) is 0.765. The Morgan fingerprint density at radius 1 is 0.509 bits per heavy atom. The van der Waals surface area contributed by atoms with Crippen molar-refractivity contribution in [2.45, 2.75) is 214 Å². The van der Waals surface area contributed by atoms with Crippen molar-refractivity contribution in [3.63, 3.8) is 0 Å². The van der Waals surface area contributed by atoms with Gasteiger partial charge >= 0.3 is 11.9 Å². The summed E-state index contributed by atoms with van der Waals surface area (Å²) in [5, 5.41) is 0. The quantitative estimate of drug-likeness (QED) is 0.0265. The Morgan fingerprint density at radius 3 is 1.56 bits per heavy atom. The summed E-state index contributed by atoms with van der Waals surface area (Å²) >= 11 is 0. The van der Waals surface area contributed by atoms with E-state index in [4.69, 9.17) is 18.9 Å². The lowest BCUT2D eigenvalue weighted by molar-refractivity contribution is -0.150. The maximum atomic E-state index is 12.7. The van der Waals surface area contributed by atoms with E-state index in [2.05, 4.69) is 89.8 Å². The Kier molecular flexibility index (Phi) is 41.3. The number of hydrogen-bond donors (Lipinski definition) is 0. The van der Waals surface area contributed by atoms with Crippen LogP contribution in [0.15, 0.2) is 60.8 Å². The molecule has 0 saturated heterocycles. The van der Waals surface area contributed by atoms with Gasteiger partial charge in [-0.15, -0.1) is 0 Å². The van der Waals surface area contributed by atoms with Crippen molar-refractivity contribution in [1.29, 1.82) is 0 Å². The predicted molar refractivity (Wildman–Crippen MR) is 243 cm³/mol. The van der Waals surface area contributed by atoms with Gasteiger partial charge in [0.05, 0.1) is 13.2 Å². The number of hydrogen-bond acceptors (Lipinski definition) is 6. The summed E-state index contributed by atoms with van der Waals surface area (Å²) in [6.45, 7) is 17.1. The Balaban J connectivity index is 4.79. The van der Waals surface area contributed by atoms with Crippen molar-refractivity contribution in [2.75, 3.05) is 26.4 Å². The van der Waals surface area contributed by atoms with Crippen LogP contribution < -0.4 is 0 Å². The van der Waals surface area contributed by atoms with E-state index in [1.165, 1.54) is 38.5 Å². The molecule has 0 radical (unpaired) electrons. The first-order valence-corrected chi connectivity index (χ1v) is 23.7. The van der Waals surface area contributed by atoms with Gasteiger partial charge in [0.25, 0.3) is 0 Å². The smallest absolute Gasteiger partial charge is 0.306 e. The number of allylic oxidation sites excluding steroid dienone is 9. The number of esters is 2. The molecule has 0 heterocycles. The van der Waals surface area contributed by atoms with Gasteiger partial charge in [0.2, 0.25) is 0 Å². The molecule has 0 aliphatic heterocycles. The van der Waals surface area contributed by atoms with Crippen LogP contribution in [0.4, 0.5) is 0 Å². The molecule has 1 unspecified atom stereocenters. The van der Waals surface area contributed by atoms with E-state index in [9.17, 15) is 9.59 Å². The van der Waals surface area contributed by atoms with Crippen LogP contribution in [0.5, 0.6) is 0 Å². The van der Waals surface area contributed by atoms with E-state index in [1.54, 1.807) is 0 Å². The highest BCUT2D eigenvalue weighted by Crippen LogP contribution is 2.21. The average molecular weight is 799 g/mol. The molecule has 0 aromatic heterocycles. The summed E-state index contributed by atoms with van der Waals surface area (Å²) in [6.07, 6.45) is 45.0. The molecular weight excluding hydrogens is 709 g/mol. The van der Waals surface area contributed by atoms with E-state index in [-0.39, 0.29) is 37.4 Å². The lowest BCUT2D eigenvalue weighted by atomic mass is 9.98. The predicted octanol–water partition coefficient (Wildman–Crippen LogP) is 15.1. The largest absolute Gasteiger partial charge is 0.465 e. The average Bonchev–Trinajstić information content (AvgIpc) is 3.21.